The molecule has 0 atom stereocenters. The molecule has 0 aromatic carbocycles. The molecule has 0 amide bonds. The van der Waals surface area contributed by atoms with Gasteiger partial charge >= 0.3 is 19.5 Å². The van der Waals surface area contributed by atoms with Crippen LogP contribution in [0.4, 0.5) is 0 Å². The topological polar surface area (TPSA) is 0 Å². The van der Waals surface area contributed by atoms with Gasteiger partial charge in [-0.25, -0.2) is 0 Å². The molecule has 0 aromatic heterocycles. The molecule has 0 fully saturated rings. The van der Waals surface area contributed by atoms with Crippen LogP contribution in [0.3, 0.4) is 0 Å². The van der Waals surface area contributed by atoms with E-state index in [1.165, 1.54) is 0 Å². The van der Waals surface area contributed by atoms with Crippen molar-refractivity contribution in [3.05, 3.63) is 6.92 Å². The predicted octanol–water partition coefficient (Wildman–Crippen LogP) is 0.405. The maximum Gasteiger partial charge on any atom is 1.00 e. The van der Waals surface area contributed by atoms with Crippen molar-refractivity contribution in [1.82, 2.24) is 0 Å². The van der Waals surface area contributed by atoms with Gasteiger partial charge in [0.1, 0.15) is 0 Å². The first kappa shape index (κ1) is 8.85. The van der Waals surface area contributed by atoms with Crippen molar-refractivity contribution in [1.29, 1.82) is 0 Å². The molecule has 0 spiro atoms. The zero-order valence-corrected chi connectivity index (χ0v) is 5.01. The monoisotopic (exact) mass is 158 g/mol. The van der Waals surface area contributed by atoms with Crippen LogP contribution >= 0.6 is 0 Å². The van der Waals surface area contributed by atoms with Crippen LogP contribution in [0.1, 0.15) is 0 Å². The largest absolute Gasteiger partial charge is 1.00 e. The van der Waals surface area contributed by atoms with Crippen molar-refractivity contribution < 1.29 is 19.5 Å². The predicted molar refractivity (Wildman–Crippen MR) is 15.9 cm³/mol. The minimum atomic E-state index is 0. The zero-order valence-electron chi connectivity index (χ0n) is 2.27. The fourth-order valence-electron chi connectivity index (χ4n) is 0. The van der Waals surface area contributed by atoms with Crippen LogP contribution in [-0.2, 0) is 19.5 Å². The number of hydrogen-bond acceptors (Lipinski definition) is 0. The van der Waals surface area contributed by atoms with Gasteiger partial charge in [-0.2, -0.15) is 6.04 Å². The van der Waals surface area contributed by atoms with Gasteiger partial charge in [0.05, 0.1) is 0 Å². The molecule has 0 aliphatic rings. The van der Waals surface area contributed by atoms with Gasteiger partial charge in [0.15, 0.2) is 0 Å². The van der Waals surface area contributed by atoms with Crippen molar-refractivity contribution in [3.63, 3.8) is 0 Å². The Morgan fingerprint density at radius 1 is 1.75 bits per heavy atom. The van der Waals surface area contributed by atoms with E-state index in [2.05, 4.69) is 17.2 Å². The van der Waals surface area contributed by atoms with E-state index in [1.807, 2.05) is 0 Å². The molecular formula is C2H4RuSi. The second-order valence-corrected chi connectivity index (χ2v) is 0.750. The number of rotatable bonds is 0. The van der Waals surface area contributed by atoms with Crippen LogP contribution in [-0.4, -0.2) is 10.2 Å². The summed E-state index contributed by atoms with van der Waals surface area (Å²) in [6, 6.07) is 0.806. The van der Waals surface area contributed by atoms with E-state index < -0.39 is 0 Å². The van der Waals surface area contributed by atoms with Crippen LogP contribution in [0.5, 0.6) is 0 Å². The van der Waals surface area contributed by atoms with Gasteiger partial charge in [0, 0.05) is 0 Å². The second-order valence-electron chi connectivity index (χ2n) is 0.250. The molecule has 2 heteroatoms. The van der Waals surface area contributed by atoms with Crippen LogP contribution < -0.4 is 0 Å². The Balaban J connectivity index is 0. The average Bonchev–Trinajstić information content (AvgIpc) is 0.918. The van der Waals surface area contributed by atoms with Crippen LogP contribution in [0.15, 0.2) is 0 Å². The maximum absolute atomic E-state index is 3.40. The van der Waals surface area contributed by atoms with Crippen LogP contribution in [0.2, 0.25) is 6.04 Å². The van der Waals surface area contributed by atoms with Crippen molar-refractivity contribution >= 4 is 10.2 Å². The third kappa shape index (κ3) is 13.6. The van der Waals surface area contributed by atoms with Crippen molar-refractivity contribution in [2.45, 2.75) is 6.04 Å². The third-order valence-corrected chi connectivity index (χ3v) is 0. The third-order valence-electron chi connectivity index (χ3n) is 0. The standard InChI is InChI=1S/C2H4Si.Ru/c1-2-3;/h1-2H2;/q-1;+1. The molecule has 0 aliphatic carbocycles. The first-order valence-electron chi connectivity index (χ1n) is 0.854. The molecule has 0 bridgehead atoms. The van der Waals surface area contributed by atoms with Gasteiger partial charge in [-0.15, -0.1) is 0 Å². The fraction of sp³-hybridized carbons (Fsp3) is 0.500. The van der Waals surface area contributed by atoms with Crippen molar-refractivity contribution in [2.24, 2.45) is 0 Å². The molecule has 0 rings (SSSR count). The molecule has 0 saturated carbocycles. The molecule has 0 nitrogen and oxygen atoms in total. The van der Waals surface area contributed by atoms with E-state index in [0.717, 1.165) is 6.04 Å². The molecule has 0 unspecified atom stereocenters. The van der Waals surface area contributed by atoms with Gasteiger partial charge in [0.25, 0.3) is 0 Å². The molecule has 0 N–H and O–H groups in total. The van der Waals surface area contributed by atoms with E-state index in [-0.39, 0.29) is 19.5 Å². The van der Waals surface area contributed by atoms with E-state index in [1.54, 1.807) is 0 Å². The molecular weight excluding hydrogens is 153 g/mol. The SMILES string of the molecule is [CH2-]C[Si].[Ru+]. The summed E-state index contributed by atoms with van der Waals surface area (Å²) in [5.41, 5.74) is 0. The second kappa shape index (κ2) is 9.15. The molecule has 0 aliphatic heterocycles. The molecule has 4 radical (unpaired) electrons. The smallest absolute Gasteiger partial charge is 0.347 e. The Morgan fingerprint density at radius 3 is 1.75 bits per heavy atom. The summed E-state index contributed by atoms with van der Waals surface area (Å²) >= 11 is 0. The van der Waals surface area contributed by atoms with Gasteiger partial charge in [-0.3, -0.25) is 0 Å². The zero-order chi connectivity index (χ0) is 2.71. The van der Waals surface area contributed by atoms with E-state index >= 15 is 0 Å². The maximum atomic E-state index is 3.40. The van der Waals surface area contributed by atoms with Crippen molar-refractivity contribution in [2.75, 3.05) is 0 Å². The molecule has 0 saturated heterocycles. The summed E-state index contributed by atoms with van der Waals surface area (Å²) in [7, 11) is 3.07. The van der Waals surface area contributed by atoms with Gasteiger partial charge in [0.2, 0.25) is 0 Å². The summed E-state index contributed by atoms with van der Waals surface area (Å²) in [5.74, 6) is 0. The van der Waals surface area contributed by atoms with Gasteiger partial charge in [-0.1, -0.05) is 0 Å². The summed E-state index contributed by atoms with van der Waals surface area (Å²) < 4.78 is 0. The summed E-state index contributed by atoms with van der Waals surface area (Å²) in [6.45, 7) is 3.40. The minimum Gasteiger partial charge on any atom is -0.347 e. The summed E-state index contributed by atoms with van der Waals surface area (Å²) in [5, 5.41) is 0. The van der Waals surface area contributed by atoms with Gasteiger partial charge in [-0.05, 0) is 10.2 Å². The molecule has 24 valence electrons. The summed E-state index contributed by atoms with van der Waals surface area (Å²) in [4.78, 5) is 0. The normalized spacial score (nSPS) is 4.50. The first-order chi connectivity index (χ1) is 1.41. The first-order valence-corrected chi connectivity index (χ1v) is 1.56. The Morgan fingerprint density at radius 2 is 1.75 bits per heavy atom. The van der Waals surface area contributed by atoms with Crippen LogP contribution in [0.25, 0.3) is 0 Å². The summed E-state index contributed by atoms with van der Waals surface area (Å²) in [6.07, 6.45) is 0. The minimum absolute atomic E-state index is 0. The quantitative estimate of drug-likeness (QED) is 0.353. The fourth-order valence-corrected chi connectivity index (χ4v) is 0. The Kier molecular flexibility index (Phi) is 20.2. The van der Waals surface area contributed by atoms with E-state index in [9.17, 15) is 0 Å². The Bertz CT molecular complexity index is 6.00. The van der Waals surface area contributed by atoms with E-state index in [0.29, 0.717) is 0 Å². The van der Waals surface area contributed by atoms with E-state index in [4.69, 9.17) is 0 Å². The number of hydrogen-bond donors (Lipinski definition) is 0. The molecule has 0 aromatic rings. The Labute approximate surface area is 43.2 Å². The average molecular weight is 157 g/mol. The Hall–Kier alpha value is 0.840. The van der Waals surface area contributed by atoms with Gasteiger partial charge < -0.3 is 6.92 Å². The molecule has 0 heterocycles. The van der Waals surface area contributed by atoms with Crippen molar-refractivity contribution in [3.8, 4) is 0 Å². The van der Waals surface area contributed by atoms with Crippen LogP contribution in [0, 0.1) is 6.92 Å². The molecule has 4 heavy (non-hydrogen) atoms.